The number of hydrogen-bond acceptors (Lipinski definition) is 4. The van der Waals surface area contributed by atoms with E-state index in [1.165, 1.54) is 36.0 Å². The Morgan fingerprint density at radius 3 is 2.65 bits per heavy atom. The van der Waals surface area contributed by atoms with Gasteiger partial charge in [-0.1, -0.05) is 61.3 Å². The molecule has 6 unspecified atom stereocenters. The Labute approximate surface area is 282 Å². The van der Waals surface area contributed by atoms with Gasteiger partial charge in [0, 0.05) is 29.1 Å². The summed E-state index contributed by atoms with van der Waals surface area (Å²) in [6.07, 6.45) is 10.1. The highest BCUT2D eigenvalue weighted by Crippen LogP contribution is 2.48. The van der Waals surface area contributed by atoms with Crippen molar-refractivity contribution < 1.29 is 13.7 Å². The van der Waals surface area contributed by atoms with E-state index < -0.39 is 11.0 Å². The lowest BCUT2D eigenvalue weighted by Crippen LogP contribution is -2.49. The van der Waals surface area contributed by atoms with Crippen molar-refractivity contribution in [1.82, 2.24) is 4.72 Å². The zero-order chi connectivity index (χ0) is 31.8. The second kappa shape index (κ2) is 13.4. The molecule has 5 nitrogen and oxygen atoms in total. The van der Waals surface area contributed by atoms with Gasteiger partial charge in [0.05, 0.1) is 17.5 Å². The minimum Gasteiger partial charge on any atom is -0.490 e. The van der Waals surface area contributed by atoms with Crippen LogP contribution in [0, 0.1) is 23.7 Å². The molecule has 244 valence electrons. The van der Waals surface area contributed by atoms with Crippen LogP contribution in [0.4, 0.5) is 5.69 Å². The fourth-order valence-corrected chi connectivity index (χ4v) is 10.00. The highest BCUT2D eigenvalue weighted by molar-refractivity contribution is 7.84. The highest BCUT2D eigenvalue weighted by atomic mass is 35.5. The Hall–Kier alpha value is -2.83. The maximum absolute atomic E-state index is 13.5. The zero-order valence-electron chi connectivity index (χ0n) is 27.2. The number of ether oxygens (including phenoxy) is 1. The number of nitrogens with one attached hydrogen (secondary N) is 1. The van der Waals surface area contributed by atoms with Gasteiger partial charge in [-0.2, -0.15) is 0 Å². The molecule has 1 amide bonds. The van der Waals surface area contributed by atoms with E-state index in [0.29, 0.717) is 29.9 Å². The van der Waals surface area contributed by atoms with Crippen molar-refractivity contribution in [2.24, 2.45) is 23.7 Å². The Balaban J connectivity index is 1.27. The van der Waals surface area contributed by atoms with Crippen LogP contribution in [0.2, 0.25) is 5.02 Å². The summed E-state index contributed by atoms with van der Waals surface area (Å²) < 4.78 is 22.9. The van der Waals surface area contributed by atoms with E-state index in [4.69, 9.17) is 16.3 Å². The average Bonchev–Trinajstić information content (AvgIpc) is 3.19. The van der Waals surface area contributed by atoms with Crippen molar-refractivity contribution in [2.75, 3.05) is 24.6 Å². The lowest BCUT2D eigenvalue weighted by Gasteiger charge is -2.47. The van der Waals surface area contributed by atoms with Gasteiger partial charge in [-0.05, 0) is 129 Å². The number of hydrogen-bond donors (Lipinski definition) is 1. The number of rotatable bonds is 2. The van der Waals surface area contributed by atoms with E-state index >= 15 is 0 Å². The summed E-state index contributed by atoms with van der Waals surface area (Å²) in [6, 6.07) is 23.2. The molecule has 2 aliphatic carbocycles. The van der Waals surface area contributed by atoms with Crippen LogP contribution in [0.1, 0.15) is 85.8 Å². The minimum atomic E-state index is -1.47. The largest absolute Gasteiger partial charge is 0.490 e. The minimum absolute atomic E-state index is 0.124. The monoisotopic (exact) mass is 658 g/mol. The number of nitrogens with zero attached hydrogens (tertiary/aromatic N) is 1. The highest BCUT2D eigenvalue weighted by Gasteiger charge is 2.44. The van der Waals surface area contributed by atoms with Gasteiger partial charge in [0.15, 0.2) is 0 Å². The summed E-state index contributed by atoms with van der Waals surface area (Å²) in [6.45, 7) is 6.57. The number of fused-ring (bicyclic) bond motifs is 4. The van der Waals surface area contributed by atoms with Gasteiger partial charge < -0.3 is 9.64 Å². The average molecular weight is 659 g/mol. The molecule has 2 heterocycles. The molecule has 2 bridgehead atoms. The molecule has 3 aromatic rings. The van der Waals surface area contributed by atoms with E-state index in [9.17, 15) is 9.00 Å². The van der Waals surface area contributed by atoms with Crippen LogP contribution < -0.4 is 14.4 Å². The molecule has 3 aromatic carbocycles. The van der Waals surface area contributed by atoms with E-state index in [1.807, 2.05) is 31.2 Å². The van der Waals surface area contributed by atoms with Gasteiger partial charge in [0.25, 0.3) is 5.91 Å². The summed E-state index contributed by atoms with van der Waals surface area (Å²) in [5, 5.41) is 0.665. The Morgan fingerprint density at radius 2 is 1.85 bits per heavy atom. The van der Waals surface area contributed by atoms with Gasteiger partial charge in [-0.3, -0.25) is 9.52 Å². The van der Waals surface area contributed by atoms with Crippen molar-refractivity contribution >= 4 is 34.2 Å². The summed E-state index contributed by atoms with van der Waals surface area (Å²) in [5.41, 5.74) is 5.47. The Kier molecular flexibility index (Phi) is 9.22. The van der Waals surface area contributed by atoms with E-state index in [2.05, 4.69) is 59.0 Å². The van der Waals surface area contributed by atoms with Crippen LogP contribution in [0.5, 0.6) is 5.75 Å². The van der Waals surface area contributed by atoms with Crippen molar-refractivity contribution in [3.8, 4) is 5.75 Å². The molecule has 7 heteroatoms. The third kappa shape index (κ3) is 6.36. The first-order valence-corrected chi connectivity index (χ1v) is 18.9. The van der Waals surface area contributed by atoms with E-state index in [1.54, 1.807) is 0 Å². The van der Waals surface area contributed by atoms with Crippen molar-refractivity contribution in [3.05, 3.63) is 94.0 Å². The van der Waals surface area contributed by atoms with Gasteiger partial charge in [-0.15, -0.1) is 0 Å². The predicted molar refractivity (Wildman–Crippen MR) is 188 cm³/mol. The quantitative estimate of drug-likeness (QED) is 0.301. The van der Waals surface area contributed by atoms with Gasteiger partial charge in [0.2, 0.25) is 0 Å². The Morgan fingerprint density at radius 1 is 1.00 bits per heavy atom. The Bertz CT molecular complexity index is 1600. The number of benzene rings is 3. The molecule has 0 radical (unpaired) electrons. The molecule has 1 N–H and O–H groups in total. The molecule has 7 rings (SSSR count). The number of aryl methyl sites for hydroxylation is 1. The molecule has 4 aliphatic rings. The van der Waals surface area contributed by atoms with Crippen LogP contribution >= 0.6 is 11.6 Å². The van der Waals surface area contributed by atoms with Gasteiger partial charge in [0.1, 0.15) is 16.7 Å². The standard InChI is InChI=1S/C39H47ClN2O3S/c1-26-8-6-11-29(20-28-9-4-3-5-10-28)34-16-13-32(34)23-42-24-39(19-7-12-30-21-33(40)15-17-35(30)39)25-45-37-18-14-31(22-36(37)42)38(43)41-46(44)27(26)2/h3-5,9-10,14-15,17-18,21-22,26-27,29,32,34H,6-8,11-13,16,19-20,23-25H2,1-2H3,(H,41,43)/t26?,27?,29-,32?,34?,39?,46?/m0/s1. The fraction of sp³-hybridized carbons (Fsp3) is 0.513. The second-order valence-corrected chi connectivity index (χ2v) is 16.6. The van der Waals surface area contributed by atoms with Crippen LogP contribution in [-0.4, -0.2) is 35.1 Å². The first kappa shape index (κ1) is 31.8. The number of amides is 1. The molecule has 1 spiro atoms. The molecule has 0 aromatic heterocycles. The third-order valence-corrected chi connectivity index (χ3v) is 13.5. The molecule has 1 saturated carbocycles. The fourth-order valence-electron chi connectivity index (χ4n) is 8.76. The molecule has 0 saturated heterocycles. The van der Waals surface area contributed by atoms with Crippen molar-refractivity contribution in [3.63, 3.8) is 0 Å². The summed E-state index contributed by atoms with van der Waals surface area (Å²) >= 11 is 6.48. The van der Waals surface area contributed by atoms with Crippen LogP contribution in [0.3, 0.4) is 0 Å². The van der Waals surface area contributed by atoms with E-state index in [0.717, 1.165) is 68.1 Å². The number of carbonyl (C=O) groups is 1. The first-order valence-electron chi connectivity index (χ1n) is 17.4. The molecule has 7 atom stereocenters. The van der Waals surface area contributed by atoms with Crippen LogP contribution in [-0.2, 0) is 29.2 Å². The molecular weight excluding hydrogens is 612 g/mol. The normalized spacial score (nSPS) is 31.5. The summed E-state index contributed by atoms with van der Waals surface area (Å²) in [7, 11) is -1.47. The predicted octanol–water partition coefficient (Wildman–Crippen LogP) is 8.30. The van der Waals surface area contributed by atoms with Gasteiger partial charge >= 0.3 is 0 Å². The summed E-state index contributed by atoms with van der Waals surface area (Å²) in [4.78, 5) is 16.1. The SMILES string of the molecule is CC1CCC[C@@H](Cc2ccccc2)C2CCC2CN2CC3(CCCc4cc(Cl)ccc43)COc3ccc(cc32)C(=O)NS(=O)C1C. The second-order valence-electron chi connectivity index (χ2n) is 14.6. The molecule has 46 heavy (non-hydrogen) atoms. The molecular formula is C39H47ClN2O3S. The van der Waals surface area contributed by atoms with Crippen molar-refractivity contribution in [2.45, 2.75) is 82.3 Å². The lowest BCUT2D eigenvalue weighted by molar-refractivity contribution is 0.0973. The number of anilines is 1. The topological polar surface area (TPSA) is 58.6 Å². The first-order chi connectivity index (χ1) is 22.3. The molecule has 1 fully saturated rings. The molecule has 2 aliphatic heterocycles. The zero-order valence-corrected chi connectivity index (χ0v) is 28.8. The van der Waals surface area contributed by atoms with E-state index in [-0.39, 0.29) is 22.5 Å². The van der Waals surface area contributed by atoms with Crippen molar-refractivity contribution in [1.29, 1.82) is 0 Å². The third-order valence-electron chi connectivity index (χ3n) is 11.7. The number of halogens is 1. The van der Waals surface area contributed by atoms with Crippen LogP contribution in [0.15, 0.2) is 66.7 Å². The lowest BCUT2D eigenvalue weighted by atomic mass is 9.63. The maximum atomic E-state index is 13.5. The summed E-state index contributed by atoms with van der Waals surface area (Å²) in [5.74, 6) is 2.65. The maximum Gasteiger partial charge on any atom is 0.263 e. The number of carbonyl (C=O) groups excluding carboxylic acids is 1. The van der Waals surface area contributed by atoms with Gasteiger partial charge in [-0.25, -0.2) is 4.21 Å². The smallest absolute Gasteiger partial charge is 0.263 e. The van der Waals surface area contributed by atoms with Crippen LogP contribution in [0.25, 0.3) is 0 Å².